The van der Waals surface area contributed by atoms with Crippen molar-refractivity contribution in [3.63, 3.8) is 0 Å². The van der Waals surface area contributed by atoms with Gasteiger partial charge >= 0.3 is 11.8 Å². The van der Waals surface area contributed by atoms with E-state index >= 15 is 0 Å². The zero-order valence-corrected chi connectivity index (χ0v) is 13.7. The van der Waals surface area contributed by atoms with E-state index in [1.54, 1.807) is 18.2 Å². The maximum atomic E-state index is 12.5. The van der Waals surface area contributed by atoms with E-state index in [0.29, 0.717) is 17.8 Å². The van der Waals surface area contributed by atoms with Gasteiger partial charge in [-0.3, -0.25) is 9.59 Å². The molecule has 0 atom stereocenters. The topological polar surface area (TPSA) is 73.2 Å². The summed E-state index contributed by atoms with van der Waals surface area (Å²) in [5.41, 5.74) is 1.81. The first-order chi connectivity index (χ1) is 11.5. The van der Waals surface area contributed by atoms with Gasteiger partial charge in [-0.1, -0.05) is 36.4 Å². The average molecular weight is 321 g/mol. The predicted octanol–water partition coefficient (Wildman–Crippen LogP) is 2.93. The Labute approximate surface area is 141 Å². The molecular weight excluding hydrogens is 302 g/mol. The molecule has 0 aromatic heterocycles. The van der Waals surface area contributed by atoms with Crippen LogP contribution in [-0.2, 0) is 16.1 Å². The fourth-order valence-electron chi connectivity index (χ4n) is 2.25. The summed E-state index contributed by atoms with van der Waals surface area (Å²) in [5, 5.41) is 11.4. The van der Waals surface area contributed by atoms with Gasteiger partial charge in [0.05, 0.1) is 11.6 Å². The van der Waals surface area contributed by atoms with Crippen LogP contribution in [0.3, 0.4) is 0 Å². The lowest BCUT2D eigenvalue weighted by Gasteiger charge is -2.26. The molecule has 2 aromatic carbocycles. The minimum atomic E-state index is -0.713. The summed E-state index contributed by atoms with van der Waals surface area (Å²) in [5.74, 6) is -1.31. The van der Waals surface area contributed by atoms with E-state index in [9.17, 15) is 9.59 Å². The molecule has 2 aromatic rings. The van der Waals surface area contributed by atoms with Crippen molar-refractivity contribution in [2.45, 2.75) is 26.4 Å². The first-order valence-corrected chi connectivity index (χ1v) is 7.67. The number of rotatable bonds is 4. The van der Waals surface area contributed by atoms with E-state index in [1.165, 1.54) is 11.0 Å². The number of amides is 2. The number of nitrogens with one attached hydrogen (secondary N) is 1. The van der Waals surface area contributed by atoms with E-state index < -0.39 is 11.8 Å². The lowest BCUT2D eigenvalue weighted by atomic mass is 10.2. The van der Waals surface area contributed by atoms with E-state index in [2.05, 4.69) is 5.32 Å². The van der Waals surface area contributed by atoms with Gasteiger partial charge in [-0.2, -0.15) is 5.26 Å². The van der Waals surface area contributed by atoms with Gasteiger partial charge in [0.25, 0.3) is 0 Å². The van der Waals surface area contributed by atoms with Crippen LogP contribution >= 0.6 is 0 Å². The molecule has 2 rings (SSSR count). The quantitative estimate of drug-likeness (QED) is 0.880. The van der Waals surface area contributed by atoms with Crippen molar-refractivity contribution >= 4 is 17.5 Å². The number of benzene rings is 2. The fraction of sp³-hybridized carbons (Fsp3) is 0.211. The lowest BCUT2D eigenvalue weighted by molar-refractivity contribution is -0.144. The van der Waals surface area contributed by atoms with Crippen LogP contribution in [0.4, 0.5) is 5.69 Å². The number of carbonyl (C=O) groups is 2. The van der Waals surface area contributed by atoms with Crippen LogP contribution in [0.1, 0.15) is 25.0 Å². The molecule has 1 N–H and O–H groups in total. The average Bonchev–Trinajstić information content (AvgIpc) is 2.59. The van der Waals surface area contributed by atoms with E-state index in [4.69, 9.17) is 5.26 Å². The largest absolute Gasteiger partial charge is 0.328 e. The highest BCUT2D eigenvalue weighted by Crippen LogP contribution is 2.12. The standard InChI is InChI=1S/C19H19N3O2/c1-14(2)22(13-15-7-4-3-5-8-15)19(24)18(23)21-17-10-6-9-16(11-17)12-20/h3-11,14H,13H2,1-2H3,(H,21,23). The molecule has 5 nitrogen and oxygen atoms in total. The highest BCUT2D eigenvalue weighted by atomic mass is 16.2. The van der Waals surface area contributed by atoms with Crippen molar-refractivity contribution in [3.05, 3.63) is 65.7 Å². The summed E-state index contributed by atoms with van der Waals surface area (Å²) >= 11 is 0. The van der Waals surface area contributed by atoms with Gasteiger partial charge in [-0.15, -0.1) is 0 Å². The molecule has 0 radical (unpaired) electrons. The molecule has 2 amide bonds. The molecule has 122 valence electrons. The van der Waals surface area contributed by atoms with Crippen molar-refractivity contribution in [1.82, 2.24) is 4.90 Å². The van der Waals surface area contributed by atoms with Crippen molar-refractivity contribution in [1.29, 1.82) is 5.26 Å². The van der Waals surface area contributed by atoms with Gasteiger partial charge in [0.2, 0.25) is 0 Å². The van der Waals surface area contributed by atoms with Crippen LogP contribution in [0.5, 0.6) is 0 Å². The summed E-state index contributed by atoms with van der Waals surface area (Å²) in [6, 6.07) is 17.9. The molecule has 0 unspecified atom stereocenters. The molecule has 0 spiro atoms. The Morgan fingerprint density at radius 1 is 1.12 bits per heavy atom. The Hall–Kier alpha value is -3.13. The highest BCUT2D eigenvalue weighted by Gasteiger charge is 2.24. The molecule has 24 heavy (non-hydrogen) atoms. The lowest BCUT2D eigenvalue weighted by Crippen LogP contribution is -2.43. The maximum Gasteiger partial charge on any atom is 0.313 e. The van der Waals surface area contributed by atoms with Crippen molar-refractivity contribution in [2.24, 2.45) is 0 Å². The van der Waals surface area contributed by atoms with E-state index in [-0.39, 0.29) is 6.04 Å². The monoisotopic (exact) mass is 321 g/mol. The Morgan fingerprint density at radius 2 is 1.83 bits per heavy atom. The minimum Gasteiger partial charge on any atom is -0.328 e. The highest BCUT2D eigenvalue weighted by molar-refractivity contribution is 6.39. The van der Waals surface area contributed by atoms with Crippen molar-refractivity contribution in [3.8, 4) is 6.07 Å². The zero-order valence-electron chi connectivity index (χ0n) is 13.7. The molecule has 0 heterocycles. The molecule has 0 aliphatic rings. The minimum absolute atomic E-state index is 0.117. The Morgan fingerprint density at radius 3 is 2.46 bits per heavy atom. The number of hydrogen-bond acceptors (Lipinski definition) is 3. The van der Waals surface area contributed by atoms with Crippen LogP contribution in [0.2, 0.25) is 0 Å². The molecule has 0 bridgehead atoms. The summed E-state index contributed by atoms with van der Waals surface area (Å²) in [6.45, 7) is 4.10. The van der Waals surface area contributed by atoms with Gasteiger partial charge in [-0.25, -0.2) is 0 Å². The zero-order chi connectivity index (χ0) is 17.5. The van der Waals surface area contributed by atoms with Gasteiger partial charge in [0.1, 0.15) is 0 Å². The second kappa shape index (κ2) is 7.93. The third-order valence-corrected chi connectivity index (χ3v) is 3.52. The Balaban J connectivity index is 2.11. The molecular formula is C19H19N3O2. The van der Waals surface area contributed by atoms with Gasteiger partial charge < -0.3 is 10.2 Å². The predicted molar refractivity (Wildman–Crippen MR) is 91.9 cm³/mol. The van der Waals surface area contributed by atoms with Crippen LogP contribution < -0.4 is 5.32 Å². The first-order valence-electron chi connectivity index (χ1n) is 7.67. The first kappa shape index (κ1) is 17.2. The molecule has 0 aliphatic carbocycles. The number of nitrogens with zero attached hydrogens (tertiary/aromatic N) is 2. The fourth-order valence-corrected chi connectivity index (χ4v) is 2.25. The summed E-state index contributed by atoms with van der Waals surface area (Å²) < 4.78 is 0. The smallest absolute Gasteiger partial charge is 0.313 e. The summed E-state index contributed by atoms with van der Waals surface area (Å²) in [6.07, 6.45) is 0. The number of anilines is 1. The molecule has 0 saturated carbocycles. The van der Waals surface area contributed by atoms with Gasteiger partial charge in [0, 0.05) is 18.3 Å². The van der Waals surface area contributed by atoms with Crippen LogP contribution in [-0.4, -0.2) is 22.8 Å². The van der Waals surface area contributed by atoms with E-state index in [0.717, 1.165) is 5.56 Å². The SMILES string of the molecule is CC(C)N(Cc1ccccc1)C(=O)C(=O)Nc1cccc(C#N)c1. The second-order valence-electron chi connectivity index (χ2n) is 5.66. The molecule has 0 aliphatic heterocycles. The Kier molecular flexibility index (Phi) is 5.69. The summed E-state index contributed by atoms with van der Waals surface area (Å²) in [4.78, 5) is 26.3. The molecule has 0 fully saturated rings. The number of carbonyl (C=O) groups excluding carboxylic acids is 2. The third kappa shape index (κ3) is 4.43. The van der Waals surface area contributed by atoms with Crippen LogP contribution in [0.25, 0.3) is 0 Å². The van der Waals surface area contributed by atoms with E-state index in [1.807, 2.05) is 50.2 Å². The summed E-state index contributed by atoms with van der Waals surface area (Å²) in [7, 11) is 0. The van der Waals surface area contributed by atoms with Gasteiger partial charge in [0.15, 0.2) is 0 Å². The normalized spacial score (nSPS) is 10.1. The molecule has 5 heteroatoms. The van der Waals surface area contributed by atoms with Gasteiger partial charge in [-0.05, 0) is 37.6 Å². The number of hydrogen-bond donors (Lipinski definition) is 1. The Bertz CT molecular complexity index is 764. The maximum absolute atomic E-state index is 12.5. The number of nitriles is 1. The van der Waals surface area contributed by atoms with Crippen molar-refractivity contribution in [2.75, 3.05) is 5.32 Å². The molecule has 0 saturated heterocycles. The van der Waals surface area contributed by atoms with Crippen molar-refractivity contribution < 1.29 is 9.59 Å². The van der Waals surface area contributed by atoms with Crippen LogP contribution in [0.15, 0.2) is 54.6 Å². The van der Waals surface area contributed by atoms with Crippen LogP contribution in [0, 0.1) is 11.3 Å². The second-order valence-corrected chi connectivity index (χ2v) is 5.66. The third-order valence-electron chi connectivity index (χ3n) is 3.52.